The Morgan fingerprint density at radius 1 is 1.30 bits per heavy atom. The second-order valence-corrected chi connectivity index (χ2v) is 5.24. The zero-order valence-corrected chi connectivity index (χ0v) is 11.6. The molecular formula is C15H20N2O3. The summed E-state index contributed by atoms with van der Waals surface area (Å²) in [7, 11) is 0. The topological polar surface area (TPSA) is 78.4 Å². The summed E-state index contributed by atoms with van der Waals surface area (Å²) in [5.74, 6) is 0. The van der Waals surface area contributed by atoms with Gasteiger partial charge in [0, 0.05) is 17.3 Å². The number of nitrogens with one attached hydrogen (secondary N) is 2. The zero-order valence-electron chi connectivity index (χ0n) is 11.6. The lowest BCUT2D eigenvalue weighted by atomic mass is 9.93. The van der Waals surface area contributed by atoms with Gasteiger partial charge in [-0.05, 0) is 44.2 Å². The number of aliphatic hydroxyl groups excluding tert-OH is 1. The second kappa shape index (κ2) is 6.52. The van der Waals surface area contributed by atoms with Crippen molar-refractivity contribution in [3.63, 3.8) is 0 Å². The molecule has 0 saturated heterocycles. The van der Waals surface area contributed by atoms with Crippen molar-refractivity contribution in [3.8, 4) is 0 Å². The van der Waals surface area contributed by atoms with E-state index in [0.29, 0.717) is 11.3 Å². The average molecular weight is 276 g/mol. The van der Waals surface area contributed by atoms with Crippen molar-refractivity contribution in [2.24, 2.45) is 0 Å². The number of hydrogen-bond donors (Lipinski definition) is 3. The van der Waals surface area contributed by atoms with Crippen molar-refractivity contribution in [2.75, 3.05) is 5.32 Å². The van der Waals surface area contributed by atoms with Crippen LogP contribution in [0.5, 0.6) is 0 Å². The first-order valence-electron chi connectivity index (χ1n) is 6.90. The molecule has 1 fully saturated rings. The molecular weight excluding hydrogens is 256 g/mol. The molecule has 5 nitrogen and oxygen atoms in total. The predicted octanol–water partition coefficient (Wildman–Crippen LogP) is 2.23. The first kappa shape index (κ1) is 14.5. The molecule has 0 radical (unpaired) electrons. The van der Waals surface area contributed by atoms with Gasteiger partial charge in [-0.3, -0.25) is 4.79 Å². The third-order valence-electron chi connectivity index (χ3n) is 3.78. The van der Waals surface area contributed by atoms with Crippen LogP contribution in [0.15, 0.2) is 18.2 Å². The van der Waals surface area contributed by atoms with E-state index in [2.05, 4.69) is 10.6 Å². The van der Waals surface area contributed by atoms with Gasteiger partial charge in [0.05, 0.1) is 6.10 Å². The lowest BCUT2D eigenvalue weighted by Crippen LogP contribution is -2.41. The standard InChI is InChI=1S/C15H20N2O3/c1-10-11(9-18)3-2-4-14(10)17-15(20)16-12-5-7-13(19)8-6-12/h2-4,9,12-13,19H,5-8H2,1H3,(H2,16,17,20). The smallest absolute Gasteiger partial charge is 0.319 e. The van der Waals surface area contributed by atoms with Crippen molar-refractivity contribution >= 4 is 18.0 Å². The Labute approximate surface area is 118 Å². The van der Waals surface area contributed by atoms with E-state index >= 15 is 0 Å². The highest BCUT2D eigenvalue weighted by atomic mass is 16.3. The van der Waals surface area contributed by atoms with Crippen LogP contribution in [-0.2, 0) is 0 Å². The minimum atomic E-state index is -0.266. The van der Waals surface area contributed by atoms with Gasteiger partial charge in [-0.2, -0.15) is 0 Å². The summed E-state index contributed by atoms with van der Waals surface area (Å²) in [6.45, 7) is 1.80. The van der Waals surface area contributed by atoms with Gasteiger partial charge in [0.2, 0.25) is 0 Å². The van der Waals surface area contributed by atoms with Gasteiger partial charge in [-0.15, -0.1) is 0 Å². The molecule has 108 valence electrons. The summed E-state index contributed by atoms with van der Waals surface area (Å²) in [6, 6.07) is 5.06. The Hall–Kier alpha value is -1.88. The molecule has 0 aliphatic heterocycles. The first-order chi connectivity index (χ1) is 9.60. The Bertz CT molecular complexity index is 494. The lowest BCUT2D eigenvalue weighted by Gasteiger charge is -2.26. The number of anilines is 1. The molecule has 1 aliphatic carbocycles. The molecule has 20 heavy (non-hydrogen) atoms. The Morgan fingerprint density at radius 3 is 2.65 bits per heavy atom. The zero-order chi connectivity index (χ0) is 14.5. The van der Waals surface area contributed by atoms with Crippen molar-refractivity contribution in [2.45, 2.75) is 44.8 Å². The average Bonchev–Trinajstić information content (AvgIpc) is 2.44. The summed E-state index contributed by atoms with van der Waals surface area (Å²) in [6.07, 6.45) is 3.59. The summed E-state index contributed by atoms with van der Waals surface area (Å²) < 4.78 is 0. The molecule has 5 heteroatoms. The van der Waals surface area contributed by atoms with Gasteiger partial charge in [0.1, 0.15) is 6.29 Å². The number of benzene rings is 1. The van der Waals surface area contributed by atoms with Gasteiger partial charge in [-0.25, -0.2) is 4.79 Å². The number of aliphatic hydroxyl groups is 1. The fourth-order valence-corrected chi connectivity index (χ4v) is 2.48. The minimum absolute atomic E-state index is 0.105. The van der Waals surface area contributed by atoms with Crippen LogP contribution in [0.4, 0.5) is 10.5 Å². The van der Waals surface area contributed by atoms with E-state index in [9.17, 15) is 14.7 Å². The van der Waals surface area contributed by atoms with Crippen molar-refractivity contribution in [1.29, 1.82) is 0 Å². The molecule has 2 rings (SSSR count). The maximum atomic E-state index is 11.9. The Morgan fingerprint density at radius 2 is 2.00 bits per heavy atom. The molecule has 3 N–H and O–H groups in total. The molecule has 1 aromatic carbocycles. The SMILES string of the molecule is Cc1c(C=O)cccc1NC(=O)NC1CCC(O)CC1. The Balaban J connectivity index is 1.93. The number of urea groups is 1. The molecule has 0 unspecified atom stereocenters. The number of aldehydes is 1. The molecule has 0 bridgehead atoms. The highest BCUT2D eigenvalue weighted by Crippen LogP contribution is 2.20. The van der Waals surface area contributed by atoms with Crippen molar-refractivity contribution in [1.82, 2.24) is 5.32 Å². The lowest BCUT2D eigenvalue weighted by molar-refractivity contribution is 0.112. The van der Waals surface area contributed by atoms with Crippen LogP contribution in [0, 0.1) is 6.92 Å². The summed E-state index contributed by atoms with van der Waals surface area (Å²) in [5.41, 5.74) is 1.98. The molecule has 1 saturated carbocycles. The van der Waals surface area contributed by atoms with Crippen molar-refractivity contribution < 1.29 is 14.7 Å². The Kier molecular flexibility index (Phi) is 4.74. The summed E-state index contributed by atoms with van der Waals surface area (Å²) in [5, 5.41) is 15.1. The number of carbonyl (C=O) groups excluding carboxylic acids is 2. The number of amides is 2. The molecule has 2 amide bonds. The van der Waals surface area contributed by atoms with Crippen LogP contribution in [0.25, 0.3) is 0 Å². The quantitative estimate of drug-likeness (QED) is 0.741. The van der Waals surface area contributed by atoms with E-state index in [1.54, 1.807) is 25.1 Å². The molecule has 0 atom stereocenters. The summed E-state index contributed by atoms with van der Waals surface area (Å²) in [4.78, 5) is 22.8. The third-order valence-corrected chi connectivity index (χ3v) is 3.78. The highest BCUT2D eigenvalue weighted by molar-refractivity contribution is 5.92. The van der Waals surface area contributed by atoms with Crippen LogP contribution >= 0.6 is 0 Å². The maximum absolute atomic E-state index is 11.9. The minimum Gasteiger partial charge on any atom is -0.393 e. The van der Waals surface area contributed by atoms with E-state index in [-0.39, 0.29) is 18.2 Å². The van der Waals surface area contributed by atoms with E-state index in [1.807, 2.05) is 0 Å². The van der Waals surface area contributed by atoms with E-state index in [1.165, 1.54) is 0 Å². The molecule has 0 heterocycles. The summed E-state index contributed by atoms with van der Waals surface area (Å²) >= 11 is 0. The molecule has 1 aromatic rings. The van der Waals surface area contributed by atoms with Crippen LogP contribution in [0.3, 0.4) is 0 Å². The van der Waals surface area contributed by atoms with E-state index in [0.717, 1.165) is 37.5 Å². The van der Waals surface area contributed by atoms with Crippen LogP contribution in [0.1, 0.15) is 41.6 Å². The van der Waals surface area contributed by atoms with E-state index < -0.39 is 0 Å². The fraction of sp³-hybridized carbons (Fsp3) is 0.467. The highest BCUT2D eigenvalue weighted by Gasteiger charge is 2.20. The van der Waals surface area contributed by atoms with Gasteiger partial charge >= 0.3 is 6.03 Å². The van der Waals surface area contributed by atoms with E-state index in [4.69, 9.17) is 0 Å². The first-order valence-corrected chi connectivity index (χ1v) is 6.90. The predicted molar refractivity (Wildman–Crippen MR) is 77.0 cm³/mol. The molecule has 1 aliphatic rings. The van der Waals surface area contributed by atoms with Crippen LogP contribution in [-0.4, -0.2) is 29.6 Å². The van der Waals surface area contributed by atoms with Gasteiger partial charge in [0.15, 0.2) is 0 Å². The molecule has 0 aromatic heterocycles. The fourth-order valence-electron chi connectivity index (χ4n) is 2.48. The van der Waals surface area contributed by atoms with Crippen molar-refractivity contribution in [3.05, 3.63) is 29.3 Å². The number of hydrogen-bond acceptors (Lipinski definition) is 3. The van der Waals surface area contributed by atoms with Gasteiger partial charge in [0.25, 0.3) is 0 Å². The monoisotopic (exact) mass is 276 g/mol. The second-order valence-electron chi connectivity index (χ2n) is 5.24. The third kappa shape index (κ3) is 3.57. The largest absolute Gasteiger partial charge is 0.393 e. The maximum Gasteiger partial charge on any atom is 0.319 e. The van der Waals surface area contributed by atoms with Crippen LogP contribution in [0.2, 0.25) is 0 Å². The number of rotatable bonds is 3. The normalized spacial score (nSPS) is 22.1. The molecule has 0 spiro atoms. The van der Waals surface area contributed by atoms with Gasteiger partial charge in [-0.1, -0.05) is 12.1 Å². The van der Waals surface area contributed by atoms with Crippen LogP contribution < -0.4 is 10.6 Å². The number of carbonyl (C=O) groups is 2. The van der Waals surface area contributed by atoms with Gasteiger partial charge < -0.3 is 15.7 Å².